The quantitative estimate of drug-likeness (QED) is 0.572. The van der Waals surface area contributed by atoms with Crippen LogP contribution in [0, 0.1) is 0 Å². The Hall–Kier alpha value is -0.320. The molecule has 0 bridgehead atoms. The summed E-state index contributed by atoms with van der Waals surface area (Å²) in [5.74, 6) is -1.06. The molecule has 0 fully saturated rings. The number of aliphatic hydroxyl groups is 1. The van der Waals surface area contributed by atoms with Crippen molar-refractivity contribution in [3.63, 3.8) is 0 Å². The minimum atomic E-state index is -1.06. The molecule has 4 N–H and O–H groups in total. The lowest BCUT2D eigenvalue weighted by atomic mass is 10.1. The molecule has 0 saturated heterocycles. The van der Waals surface area contributed by atoms with Crippen LogP contribution in [0.15, 0.2) is 0 Å². The Morgan fingerprint density at radius 3 is 2.36 bits per heavy atom. The first kappa shape index (κ1) is 13.3. The normalized spacial score (nSPS) is 14.8. The molecule has 68 valence electrons. The van der Waals surface area contributed by atoms with E-state index in [1.54, 1.807) is 6.92 Å². The van der Waals surface area contributed by atoms with Crippen molar-refractivity contribution in [1.82, 2.24) is 0 Å². The van der Waals surface area contributed by atoms with Gasteiger partial charge in [0.05, 0.1) is 6.10 Å². The number of rotatable bonds is 4. The Labute approximate surface area is 71.8 Å². The van der Waals surface area contributed by atoms with E-state index >= 15 is 0 Å². The van der Waals surface area contributed by atoms with E-state index in [1.807, 2.05) is 0 Å². The summed E-state index contributed by atoms with van der Waals surface area (Å²) in [6, 6.07) is -0.935. The summed E-state index contributed by atoms with van der Waals surface area (Å²) in [6.45, 7) is 1.78. The molecular weight excluding hydrogens is 170 g/mol. The molecular formula is C6H14ClNO3. The third-order valence-corrected chi connectivity index (χ3v) is 1.31. The van der Waals surface area contributed by atoms with Gasteiger partial charge in [-0.05, 0) is 12.8 Å². The molecule has 0 aromatic heterocycles. The summed E-state index contributed by atoms with van der Waals surface area (Å²) >= 11 is 0. The number of carboxylic acids is 1. The summed E-state index contributed by atoms with van der Waals surface area (Å²) in [4.78, 5) is 10.1. The molecule has 0 aromatic carbocycles. The van der Waals surface area contributed by atoms with Crippen molar-refractivity contribution in [3.8, 4) is 0 Å². The highest BCUT2D eigenvalue weighted by molar-refractivity contribution is 5.85. The van der Waals surface area contributed by atoms with Crippen molar-refractivity contribution in [1.29, 1.82) is 0 Å². The number of hydrogen-bond acceptors (Lipinski definition) is 3. The zero-order valence-corrected chi connectivity index (χ0v) is 7.17. The summed E-state index contributed by atoms with van der Waals surface area (Å²) in [5, 5.41) is 17.2. The lowest BCUT2D eigenvalue weighted by Crippen LogP contribution is -2.33. The second kappa shape index (κ2) is 6.39. The van der Waals surface area contributed by atoms with Crippen molar-refractivity contribution in [2.24, 2.45) is 5.73 Å². The van der Waals surface area contributed by atoms with Crippen molar-refractivity contribution >= 4 is 18.4 Å². The Kier molecular flexibility index (Phi) is 7.72. The van der Waals surface area contributed by atoms with Crippen LogP contribution in [0.25, 0.3) is 0 Å². The average molecular weight is 184 g/mol. The molecule has 0 rings (SSSR count). The number of nitrogens with two attached hydrogens (primary N) is 1. The van der Waals surface area contributed by atoms with Crippen LogP contribution < -0.4 is 5.73 Å². The fourth-order valence-corrected chi connectivity index (χ4v) is 0.561. The molecule has 0 aliphatic heterocycles. The average Bonchev–Trinajstić information content (AvgIpc) is 1.87. The number of aliphatic carboxylic acids is 1. The first-order valence-electron chi connectivity index (χ1n) is 3.24. The summed E-state index contributed by atoms with van der Waals surface area (Å²) < 4.78 is 0. The predicted octanol–water partition coefficient (Wildman–Crippen LogP) is -0.0189. The van der Waals surface area contributed by atoms with E-state index in [4.69, 9.17) is 15.9 Å². The van der Waals surface area contributed by atoms with E-state index in [1.165, 1.54) is 0 Å². The van der Waals surface area contributed by atoms with E-state index in [2.05, 4.69) is 0 Å². The number of hydrogen-bond donors (Lipinski definition) is 3. The molecule has 2 atom stereocenters. The van der Waals surface area contributed by atoms with Gasteiger partial charge in [0.2, 0.25) is 0 Å². The van der Waals surface area contributed by atoms with Crippen molar-refractivity contribution in [2.45, 2.75) is 31.9 Å². The largest absolute Gasteiger partial charge is 0.480 e. The SMILES string of the molecule is CCC(O)CC(N)C(=O)O.Cl. The Morgan fingerprint density at radius 2 is 2.09 bits per heavy atom. The van der Waals surface area contributed by atoms with Crippen LogP contribution in [0.4, 0.5) is 0 Å². The first-order chi connectivity index (χ1) is 4.57. The molecule has 0 amide bonds. The van der Waals surface area contributed by atoms with E-state index in [0.29, 0.717) is 6.42 Å². The molecule has 0 heterocycles. The molecule has 0 radical (unpaired) electrons. The van der Waals surface area contributed by atoms with Gasteiger partial charge >= 0.3 is 5.97 Å². The number of carbonyl (C=O) groups is 1. The highest BCUT2D eigenvalue weighted by atomic mass is 35.5. The topological polar surface area (TPSA) is 83.5 Å². The van der Waals surface area contributed by atoms with Crippen LogP contribution in [0.5, 0.6) is 0 Å². The van der Waals surface area contributed by atoms with Gasteiger partial charge < -0.3 is 15.9 Å². The number of carboxylic acid groups (broad SMARTS) is 1. The van der Waals surface area contributed by atoms with Gasteiger partial charge in [-0.25, -0.2) is 0 Å². The molecule has 5 heteroatoms. The Balaban J connectivity index is 0. The summed E-state index contributed by atoms with van der Waals surface area (Å²) in [5.41, 5.74) is 5.13. The second-order valence-electron chi connectivity index (χ2n) is 2.24. The number of aliphatic hydroxyl groups excluding tert-OH is 1. The lowest BCUT2D eigenvalue weighted by molar-refractivity contribution is -0.139. The van der Waals surface area contributed by atoms with Crippen LogP contribution in [-0.2, 0) is 4.79 Å². The van der Waals surface area contributed by atoms with Gasteiger partial charge in [-0.15, -0.1) is 12.4 Å². The van der Waals surface area contributed by atoms with Gasteiger partial charge in [0.15, 0.2) is 0 Å². The first-order valence-corrected chi connectivity index (χ1v) is 3.24. The van der Waals surface area contributed by atoms with Gasteiger partial charge in [-0.3, -0.25) is 4.79 Å². The van der Waals surface area contributed by atoms with Crippen LogP contribution in [0.3, 0.4) is 0 Å². The maximum atomic E-state index is 10.1. The van der Waals surface area contributed by atoms with Crippen LogP contribution in [-0.4, -0.2) is 28.3 Å². The van der Waals surface area contributed by atoms with E-state index in [9.17, 15) is 4.79 Å². The molecule has 2 unspecified atom stereocenters. The fourth-order valence-electron chi connectivity index (χ4n) is 0.561. The van der Waals surface area contributed by atoms with E-state index < -0.39 is 18.1 Å². The molecule has 0 aromatic rings. The van der Waals surface area contributed by atoms with Crippen molar-refractivity contribution in [3.05, 3.63) is 0 Å². The van der Waals surface area contributed by atoms with Crippen molar-refractivity contribution < 1.29 is 15.0 Å². The van der Waals surface area contributed by atoms with Crippen molar-refractivity contribution in [2.75, 3.05) is 0 Å². The molecule has 0 spiro atoms. The molecule has 0 aliphatic rings. The Bertz CT molecular complexity index is 120. The highest BCUT2D eigenvalue weighted by Gasteiger charge is 2.14. The Morgan fingerprint density at radius 1 is 1.64 bits per heavy atom. The van der Waals surface area contributed by atoms with E-state index in [-0.39, 0.29) is 18.8 Å². The number of halogens is 1. The lowest BCUT2D eigenvalue weighted by Gasteiger charge is -2.09. The molecule has 11 heavy (non-hydrogen) atoms. The second-order valence-corrected chi connectivity index (χ2v) is 2.24. The smallest absolute Gasteiger partial charge is 0.320 e. The van der Waals surface area contributed by atoms with E-state index in [0.717, 1.165) is 0 Å². The van der Waals surface area contributed by atoms with Gasteiger partial charge in [0.1, 0.15) is 6.04 Å². The third-order valence-electron chi connectivity index (χ3n) is 1.31. The maximum absolute atomic E-state index is 10.1. The van der Waals surface area contributed by atoms with Crippen LogP contribution in [0.2, 0.25) is 0 Å². The van der Waals surface area contributed by atoms with Crippen LogP contribution in [0.1, 0.15) is 19.8 Å². The summed E-state index contributed by atoms with van der Waals surface area (Å²) in [7, 11) is 0. The van der Waals surface area contributed by atoms with Gasteiger partial charge in [-0.1, -0.05) is 6.92 Å². The standard InChI is InChI=1S/C6H13NO3.ClH/c1-2-4(8)3-5(7)6(9)10;/h4-5,8H,2-3,7H2,1H3,(H,9,10);1H. The third kappa shape index (κ3) is 6.09. The molecule has 4 nitrogen and oxygen atoms in total. The molecule has 0 aliphatic carbocycles. The fraction of sp³-hybridized carbons (Fsp3) is 0.833. The van der Waals surface area contributed by atoms with Gasteiger partial charge in [0, 0.05) is 0 Å². The predicted molar refractivity (Wildman–Crippen MR) is 43.8 cm³/mol. The highest BCUT2D eigenvalue weighted by Crippen LogP contribution is 1.99. The zero-order chi connectivity index (χ0) is 8.15. The minimum absolute atomic E-state index is 0. The van der Waals surface area contributed by atoms with Gasteiger partial charge in [0.25, 0.3) is 0 Å². The minimum Gasteiger partial charge on any atom is -0.480 e. The monoisotopic (exact) mass is 183 g/mol. The molecule has 0 saturated carbocycles. The maximum Gasteiger partial charge on any atom is 0.320 e. The zero-order valence-electron chi connectivity index (χ0n) is 6.36. The summed E-state index contributed by atoms with van der Waals surface area (Å²) in [6.07, 6.45) is 0.0819. The van der Waals surface area contributed by atoms with Gasteiger partial charge in [-0.2, -0.15) is 0 Å². The van der Waals surface area contributed by atoms with Crippen LogP contribution >= 0.6 is 12.4 Å².